The number of hydrogen-bond donors (Lipinski definition) is 0. The quantitative estimate of drug-likeness (QED) is 0.161. The number of aromatic nitrogens is 3. The molecular weight excluding hydrogens is 743 g/mol. The van der Waals surface area contributed by atoms with Crippen LogP contribution in [-0.4, -0.2) is 21.6 Å². The van der Waals surface area contributed by atoms with Crippen LogP contribution in [0.2, 0.25) is 0 Å². The van der Waals surface area contributed by atoms with E-state index in [1.165, 1.54) is 11.1 Å². The molecule has 0 aliphatic rings. The molecule has 0 atom stereocenters. The third-order valence-electron chi connectivity index (χ3n) is 11.7. The SMILES string of the molecule is [2H]c1c([2H])c([2H])c(-c2ccnc(-c3cc(-c4cccc5c4nc(-c4cc(C)cc(C)c4OC)n5-c4cc(C(C)(C)C)ccc4-c4ccc(C(C)(C)C)cc4)cc(C(C)(C)C)c3)c2)c([2H])c1[2H]. The Balaban J connectivity index is 1.43. The van der Waals surface area contributed by atoms with E-state index in [0.29, 0.717) is 11.3 Å². The van der Waals surface area contributed by atoms with Crippen LogP contribution in [-0.2, 0) is 16.2 Å². The number of nitrogens with zero attached hydrogens (tertiary/aromatic N) is 3. The average Bonchev–Trinajstić information content (AvgIpc) is 3.66. The van der Waals surface area contributed by atoms with Gasteiger partial charge in [0.2, 0.25) is 0 Å². The van der Waals surface area contributed by atoms with E-state index < -0.39 is 6.04 Å². The Hall–Kier alpha value is -6.26. The summed E-state index contributed by atoms with van der Waals surface area (Å²) in [7, 11) is 1.72. The number of methoxy groups -OCH3 is 1. The van der Waals surface area contributed by atoms with Crippen LogP contribution in [0.15, 0.2) is 140 Å². The van der Waals surface area contributed by atoms with Gasteiger partial charge in [0.1, 0.15) is 11.6 Å². The minimum atomic E-state index is -0.422. The lowest BCUT2D eigenvalue weighted by Gasteiger charge is -2.24. The van der Waals surface area contributed by atoms with Gasteiger partial charge >= 0.3 is 0 Å². The van der Waals surface area contributed by atoms with Gasteiger partial charge in [-0.15, -0.1) is 0 Å². The van der Waals surface area contributed by atoms with E-state index in [9.17, 15) is 0 Å². The zero-order valence-electron chi connectivity index (χ0n) is 42.6. The Morgan fingerprint density at radius 2 is 1.23 bits per heavy atom. The third-order valence-corrected chi connectivity index (χ3v) is 11.7. The monoisotopic (exact) mass is 806 g/mol. The first kappa shape index (κ1) is 35.5. The van der Waals surface area contributed by atoms with Crippen molar-refractivity contribution in [3.05, 3.63) is 167 Å². The van der Waals surface area contributed by atoms with Crippen molar-refractivity contribution in [1.82, 2.24) is 14.5 Å². The molecule has 8 rings (SSSR count). The Morgan fingerprint density at radius 1 is 0.557 bits per heavy atom. The predicted octanol–water partition coefficient (Wildman–Crippen LogP) is 15.3. The molecule has 0 aliphatic heterocycles. The highest BCUT2D eigenvalue weighted by atomic mass is 16.5. The standard InChI is InChI=1S/C57H59N3O/c1-36-29-37(2)53(61-12)48(30-36)54-59-52-47(41-31-42(33-45(32-41)57(9,10)11)49-34-40(27-28-58-49)38-17-14-13-15-18-38)19-16-20-50(52)60(54)51-35-44(56(6,7)8)25-26-46(51)39-21-23-43(24-22-39)55(3,4)5/h13-35H,1-12H3/i13D,14D,15D,17D,18D. The van der Waals surface area contributed by atoms with Gasteiger partial charge in [0.05, 0.1) is 41.9 Å². The minimum absolute atomic E-state index is 0.00845. The number of pyridine rings is 1. The molecule has 6 aromatic carbocycles. The van der Waals surface area contributed by atoms with E-state index in [-0.39, 0.29) is 46.0 Å². The molecule has 4 nitrogen and oxygen atoms in total. The summed E-state index contributed by atoms with van der Waals surface area (Å²) >= 11 is 0. The molecule has 308 valence electrons. The molecular formula is C57H59N3O. The smallest absolute Gasteiger partial charge is 0.149 e. The van der Waals surface area contributed by atoms with Crippen LogP contribution in [0.4, 0.5) is 0 Å². The first-order valence-corrected chi connectivity index (χ1v) is 21.1. The molecule has 0 unspecified atom stereocenters. The number of hydrogen-bond acceptors (Lipinski definition) is 3. The largest absolute Gasteiger partial charge is 0.496 e. The third kappa shape index (κ3) is 8.16. The summed E-state index contributed by atoms with van der Waals surface area (Å²) in [6, 6.07) is 34.8. The lowest BCUT2D eigenvalue weighted by molar-refractivity contribution is 0.413. The molecule has 61 heavy (non-hydrogen) atoms. The summed E-state index contributed by atoms with van der Waals surface area (Å²) in [6.45, 7) is 24.2. The Bertz CT molecular complexity index is 3170. The van der Waals surface area contributed by atoms with Crippen molar-refractivity contribution in [2.45, 2.75) is 92.4 Å². The van der Waals surface area contributed by atoms with E-state index in [0.717, 1.165) is 78.4 Å². The second-order valence-electron chi connectivity index (χ2n) is 19.4. The summed E-state index contributed by atoms with van der Waals surface area (Å²) in [6.07, 6.45) is 1.64. The van der Waals surface area contributed by atoms with Crippen molar-refractivity contribution >= 4 is 11.0 Å². The zero-order chi connectivity index (χ0) is 47.8. The van der Waals surface area contributed by atoms with E-state index in [4.69, 9.17) is 21.6 Å². The Kier molecular flexibility index (Phi) is 9.10. The number of imidazole rings is 1. The number of rotatable bonds is 7. The molecule has 8 aromatic rings. The highest BCUT2D eigenvalue weighted by Gasteiger charge is 2.26. The fraction of sp³-hybridized carbons (Fsp3) is 0.263. The van der Waals surface area contributed by atoms with Crippen LogP contribution in [0.1, 0.15) is 97.0 Å². The number of ether oxygens (including phenoxy) is 1. The fourth-order valence-corrected chi connectivity index (χ4v) is 8.23. The van der Waals surface area contributed by atoms with Crippen molar-refractivity contribution in [2.24, 2.45) is 0 Å². The fourth-order valence-electron chi connectivity index (χ4n) is 8.23. The minimum Gasteiger partial charge on any atom is -0.496 e. The highest BCUT2D eigenvalue weighted by molar-refractivity contribution is 5.98. The molecule has 2 heterocycles. The van der Waals surface area contributed by atoms with Crippen molar-refractivity contribution in [2.75, 3.05) is 7.11 Å². The lowest BCUT2D eigenvalue weighted by atomic mass is 9.83. The summed E-state index contributed by atoms with van der Waals surface area (Å²) in [5, 5.41) is 0. The van der Waals surface area contributed by atoms with E-state index in [1.54, 1.807) is 19.4 Å². The van der Waals surface area contributed by atoms with Crippen LogP contribution in [0, 0.1) is 13.8 Å². The average molecular weight is 807 g/mol. The molecule has 0 aliphatic carbocycles. The van der Waals surface area contributed by atoms with Crippen LogP contribution >= 0.6 is 0 Å². The molecule has 0 saturated carbocycles. The molecule has 0 spiro atoms. The Morgan fingerprint density at radius 3 is 1.90 bits per heavy atom. The topological polar surface area (TPSA) is 39.9 Å². The molecule has 0 bridgehead atoms. The normalized spacial score (nSPS) is 13.4. The molecule has 0 saturated heterocycles. The first-order chi connectivity index (χ1) is 31.0. The van der Waals surface area contributed by atoms with Gasteiger partial charge in [-0.3, -0.25) is 9.55 Å². The molecule has 2 aromatic heterocycles. The van der Waals surface area contributed by atoms with Crippen LogP contribution in [0.5, 0.6) is 5.75 Å². The van der Waals surface area contributed by atoms with Crippen LogP contribution in [0.3, 0.4) is 0 Å². The second-order valence-corrected chi connectivity index (χ2v) is 19.4. The molecule has 0 radical (unpaired) electrons. The van der Waals surface area contributed by atoms with Crippen molar-refractivity contribution < 1.29 is 11.6 Å². The maximum absolute atomic E-state index is 8.70. The van der Waals surface area contributed by atoms with Gasteiger partial charge in [-0.2, -0.15) is 0 Å². The highest BCUT2D eigenvalue weighted by Crippen LogP contribution is 2.44. The summed E-state index contributed by atoms with van der Waals surface area (Å²) < 4.78 is 50.8. The van der Waals surface area contributed by atoms with Gasteiger partial charge in [-0.05, 0) is 123 Å². The Labute approximate surface area is 370 Å². The van der Waals surface area contributed by atoms with Gasteiger partial charge in [0, 0.05) is 22.9 Å². The molecule has 0 fully saturated rings. The number of aryl methyl sites for hydroxylation is 2. The van der Waals surface area contributed by atoms with E-state index >= 15 is 0 Å². The second kappa shape index (κ2) is 15.6. The van der Waals surface area contributed by atoms with Crippen molar-refractivity contribution in [3.63, 3.8) is 0 Å². The molecule has 0 amide bonds. The van der Waals surface area contributed by atoms with Gasteiger partial charge in [0.15, 0.2) is 0 Å². The van der Waals surface area contributed by atoms with Gasteiger partial charge < -0.3 is 4.74 Å². The van der Waals surface area contributed by atoms with Crippen molar-refractivity contribution in [3.8, 4) is 67.5 Å². The van der Waals surface area contributed by atoms with Gasteiger partial charge in [-0.25, -0.2) is 4.98 Å². The zero-order valence-corrected chi connectivity index (χ0v) is 37.6. The molecule has 4 heteroatoms. The summed E-state index contributed by atoms with van der Waals surface area (Å²) in [5.74, 6) is 1.53. The van der Waals surface area contributed by atoms with E-state index in [1.807, 2.05) is 6.07 Å². The van der Waals surface area contributed by atoms with Crippen LogP contribution in [0.25, 0.3) is 72.7 Å². The van der Waals surface area contributed by atoms with E-state index in [2.05, 4.69) is 172 Å². The summed E-state index contributed by atoms with van der Waals surface area (Å²) in [5.41, 5.74) is 15.1. The summed E-state index contributed by atoms with van der Waals surface area (Å²) in [4.78, 5) is 10.5. The molecule has 0 N–H and O–H groups in total. The first-order valence-electron chi connectivity index (χ1n) is 23.6. The lowest BCUT2D eigenvalue weighted by Crippen LogP contribution is -2.13. The maximum Gasteiger partial charge on any atom is 0.149 e. The van der Waals surface area contributed by atoms with Gasteiger partial charge in [0.25, 0.3) is 0 Å². The maximum atomic E-state index is 8.70. The van der Waals surface area contributed by atoms with Crippen molar-refractivity contribution in [1.29, 1.82) is 0 Å². The van der Waals surface area contributed by atoms with Gasteiger partial charge in [-0.1, -0.05) is 153 Å². The predicted molar refractivity (Wildman–Crippen MR) is 258 cm³/mol. The number of fused-ring (bicyclic) bond motifs is 1. The number of benzene rings is 6. The number of para-hydroxylation sites is 1. The van der Waals surface area contributed by atoms with Crippen LogP contribution < -0.4 is 4.74 Å².